The number of hydrogen-bond donors (Lipinski definition) is 5. The van der Waals surface area contributed by atoms with Crippen LogP contribution >= 0.6 is 0 Å². The van der Waals surface area contributed by atoms with Crippen LogP contribution in [0.4, 0.5) is 0 Å². The molecule has 1 amide bonds. The lowest BCUT2D eigenvalue weighted by Gasteiger charge is -2.35. The molecule has 14 nitrogen and oxygen atoms in total. The van der Waals surface area contributed by atoms with Gasteiger partial charge >= 0.3 is 23.9 Å². The van der Waals surface area contributed by atoms with Gasteiger partial charge in [-0.15, -0.1) is 0 Å². The molecule has 1 unspecified atom stereocenters. The minimum atomic E-state index is -1.04. The lowest BCUT2D eigenvalue weighted by Crippen LogP contribution is -2.52. The van der Waals surface area contributed by atoms with E-state index in [0.717, 1.165) is 0 Å². The zero-order chi connectivity index (χ0) is 25.7. The Labute approximate surface area is 197 Å². The minimum Gasteiger partial charge on any atom is -0.481 e. The monoisotopic (exact) mass is 489 g/mol. The summed E-state index contributed by atoms with van der Waals surface area (Å²) in [7, 11) is 0. The fourth-order valence-corrected chi connectivity index (χ4v) is 3.59. The average molecular weight is 490 g/mol. The predicted octanol–water partition coefficient (Wildman–Crippen LogP) is -2.56. The molecule has 0 aliphatic carbocycles. The fraction of sp³-hybridized carbons (Fsp3) is 0.750. The van der Waals surface area contributed by atoms with Gasteiger partial charge in [0.15, 0.2) is 0 Å². The molecule has 1 aliphatic rings. The number of carboxylic acid groups (broad SMARTS) is 4. The van der Waals surface area contributed by atoms with Gasteiger partial charge in [-0.2, -0.15) is 0 Å². The first-order valence-corrected chi connectivity index (χ1v) is 11.0. The van der Waals surface area contributed by atoms with Gasteiger partial charge in [0.2, 0.25) is 5.91 Å². The molecule has 1 atom stereocenters. The normalized spacial score (nSPS) is 18.9. The Morgan fingerprint density at radius 1 is 0.647 bits per heavy atom. The first kappa shape index (κ1) is 29.2. The zero-order valence-corrected chi connectivity index (χ0v) is 19.4. The van der Waals surface area contributed by atoms with Gasteiger partial charge in [-0.3, -0.25) is 43.6 Å². The first-order valence-electron chi connectivity index (χ1n) is 11.0. The number of nitrogens with one attached hydrogen (secondary N) is 1. The molecule has 0 aromatic rings. The summed E-state index contributed by atoms with van der Waals surface area (Å²) in [5.74, 6) is -4.51. The Morgan fingerprint density at radius 3 is 1.32 bits per heavy atom. The van der Waals surface area contributed by atoms with Crippen molar-refractivity contribution in [3.05, 3.63) is 0 Å². The van der Waals surface area contributed by atoms with Crippen LogP contribution in [0, 0.1) is 0 Å². The number of carboxylic acids is 4. The summed E-state index contributed by atoms with van der Waals surface area (Å²) in [5.41, 5.74) is 0. The molecule has 14 heteroatoms. The quantitative estimate of drug-likeness (QED) is 0.204. The summed E-state index contributed by atoms with van der Waals surface area (Å²) >= 11 is 0. The third kappa shape index (κ3) is 12.4. The number of carbonyl (C=O) groups excluding carboxylic acids is 1. The highest BCUT2D eigenvalue weighted by atomic mass is 16.4. The maximum Gasteiger partial charge on any atom is 0.317 e. The Morgan fingerprint density at radius 2 is 1.00 bits per heavy atom. The Kier molecular flexibility index (Phi) is 13.0. The van der Waals surface area contributed by atoms with Crippen molar-refractivity contribution in [2.24, 2.45) is 0 Å². The summed E-state index contributed by atoms with van der Waals surface area (Å²) in [6.07, 6.45) is -0.218. The van der Waals surface area contributed by atoms with Crippen molar-refractivity contribution in [2.75, 3.05) is 78.5 Å². The van der Waals surface area contributed by atoms with Gasteiger partial charge in [0.1, 0.15) is 0 Å². The molecule has 0 radical (unpaired) electrons. The standard InChI is InChI=1S/C20H35N5O9/c1-15(20(34)21-3-2-16(26)27)25-10-8-23(13-18(30)31)6-4-22(12-17(28)29)5-7-24(9-11-25)14-19(32)33/h15H,2-14H2,1H3,(H,21,34)(H,26,27)(H,28,29)(H,30,31)(H,32,33). The van der Waals surface area contributed by atoms with E-state index in [4.69, 9.17) is 5.11 Å². The maximum atomic E-state index is 12.5. The largest absolute Gasteiger partial charge is 0.481 e. The highest BCUT2D eigenvalue weighted by Gasteiger charge is 2.25. The van der Waals surface area contributed by atoms with E-state index in [2.05, 4.69) is 5.32 Å². The zero-order valence-electron chi connectivity index (χ0n) is 19.4. The second kappa shape index (κ2) is 15.2. The molecule has 194 valence electrons. The molecule has 0 spiro atoms. The molecule has 0 bridgehead atoms. The highest BCUT2D eigenvalue weighted by molar-refractivity contribution is 5.81. The minimum absolute atomic E-state index is 0.0258. The van der Waals surface area contributed by atoms with Crippen LogP contribution in [0.1, 0.15) is 13.3 Å². The third-order valence-electron chi connectivity index (χ3n) is 5.51. The molecular formula is C20H35N5O9. The molecule has 1 rings (SSSR count). The number of amides is 1. The van der Waals surface area contributed by atoms with E-state index in [-0.39, 0.29) is 64.7 Å². The number of aliphatic carboxylic acids is 4. The van der Waals surface area contributed by atoms with Crippen LogP contribution in [0.25, 0.3) is 0 Å². The van der Waals surface area contributed by atoms with Crippen molar-refractivity contribution in [3.63, 3.8) is 0 Å². The van der Waals surface area contributed by atoms with Crippen LogP contribution in [0.3, 0.4) is 0 Å². The van der Waals surface area contributed by atoms with Gasteiger partial charge in [-0.25, -0.2) is 0 Å². The van der Waals surface area contributed by atoms with E-state index in [1.54, 1.807) is 26.5 Å². The number of nitrogens with zero attached hydrogens (tertiary/aromatic N) is 4. The topological polar surface area (TPSA) is 191 Å². The molecule has 1 fully saturated rings. The van der Waals surface area contributed by atoms with E-state index < -0.39 is 29.9 Å². The number of rotatable bonds is 11. The molecule has 34 heavy (non-hydrogen) atoms. The smallest absolute Gasteiger partial charge is 0.317 e. The van der Waals surface area contributed by atoms with Crippen LogP contribution in [-0.4, -0.2) is 154 Å². The van der Waals surface area contributed by atoms with E-state index in [9.17, 15) is 39.3 Å². The van der Waals surface area contributed by atoms with Crippen LogP contribution in [0.15, 0.2) is 0 Å². The Balaban J connectivity index is 2.99. The number of hydrogen-bond acceptors (Lipinski definition) is 9. The van der Waals surface area contributed by atoms with Gasteiger partial charge in [0, 0.05) is 58.9 Å². The SMILES string of the molecule is CC(C(=O)NCCC(=O)O)N1CCN(CC(=O)O)CCN(CC(=O)O)CCN(CC(=O)O)CC1. The van der Waals surface area contributed by atoms with Crippen molar-refractivity contribution in [2.45, 2.75) is 19.4 Å². The second-order valence-corrected chi connectivity index (χ2v) is 8.16. The summed E-state index contributed by atoms with van der Waals surface area (Å²) in [4.78, 5) is 63.8. The first-order chi connectivity index (χ1) is 16.0. The van der Waals surface area contributed by atoms with Crippen LogP contribution in [-0.2, 0) is 24.0 Å². The van der Waals surface area contributed by atoms with E-state index in [0.29, 0.717) is 26.2 Å². The molecule has 0 aromatic heterocycles. The van der Waals surface area contributed by atoms with Crippen LogP contribution in [0.5, 0.6) is 0 Å². The Bertz CT molecular complexity index is 689. The van der Waals surface area contributed by atoms with Crippen molar-refractivity contribution in [1.82, 2.24) is 24.9 Å². The van der Waals surface area contributed by atoms with Crippen molar-refractivity contribution >= 4 is 29.8 Å². The third-order valence-corrected chi connectivity index (χ3v) is 5.51. The molecule has 1 aliphatic heterocycles. The summed E-state index contributed by atoms with van der Waals surface area (Å²) < 4.78 is 0. The van der Waals surface area contributed by atoms with Crippen molar-refractivity contribution in [1.29, 1.82) is 0 Å². The number of carbonyl (C=O) groups is 5. The second-order valence-electron chi connectivity index (χ2n) is 8.16. The highest BCUT2D eigenvalue weighted by Crippen LogP contribution is 2.05. The van der Waals surface area contributed by atoms with E-state index in [1.165, 1.54) is 0 Å². The van der Waals surface area contributed by atoms with Gasteiger partial charge in [-0.1, -0.05) is 0 Å². The molecular weight excluding hydrogens is 454 g/mol. The average Bonchev–Trinajstić information content (AvgIpc) is 2.71. The summed E-state index contributed by atoms with van der Waals surface area (Å²) in [6.45, 7) is 3.20. The lowest BCUT2D eigenvalue weighted by molar-refractivity contribution is -0.140. The van der Waals surface area contributed by atoms with Gasteiger partial charge in [0.05, 0.1) is 32.1 Å². The van der Waals surface area contributed by atoms with Crippen molar-refractivity contribution in [3.8, 4) is 0 Å². The molecule has 0 aromatic carbocycles. The molecule has 5 N–H and O–H groups in total. The summed E-state index contributed by atoms with van der Waals surface area (Å²) in [5, 5.41) is 39.0. The van der Waals surface area contributed by atoms with E-state index in [1.807, 2.05) is 0 Å². The van der Waals surface area contributed by atoms with E-state index >= 15 is 0 Å². The van der Waals surface area contributed by atoms with Gasteiger partial charge < -0.3 is 25.7 Å². The predicted molar refractivity (Wildman–Crippen MR) is 119 cm³/mol. The van der Waals surface area contributed by atoms with Crippen molar-refractivity contribution < 1.29 is 44.4 Å². The lowest BCUT2D eigenvalue weighted by atomic mass is 10.2. The van der Waals surface area contributed by atoms with Gasteiger partial charge in [-0.05, 0) is 6.92 Å². The fourth-order valence-electron chi connectivity index (χ4n) is 3.59. The van der Waals surface area contributed by atoms with Gasteiger partial charge in [0.25, 0.3) is 0 Å². The Hall–Kier alpha value is -2.81. The molecule has 1 heterocycles. The maximum absolute atomic E-state index is 12.5. The van der Waals surface area contributed by atoms with Crippen LogP contribution in [0.2, 0.25) is 0 Å². The molecule has 0 saturated carbocycles. The summed E-state index contributed by atoms with van der Waals surface area (Å²) in [6, 6.07) is -0.654. The molecule has 1 saturated heterocycles. The van der Waals surface area contributed by atoms with Crippen LogP contribution < -0.4 is 5.32 Å².